The number of amides is 1. The Hall–Kier alpha value is -0.650. The number of nitrogens with one attached hydrogen (secondary N) is 1. The summed E-state index contributed by atoms with van der Waals surface area (Å²) in [6.07, 6.45) is 5.49. The summed E-state index contributed by atoms with van der Waals surface area (Å²) in [5, 5.41) is 2.86. The van der Waals surface area contributed by atoms with E-state index < -0.39 is 0 Å². The first-order valence-electron chi connectivity index (χ1n) is 8.17. The summed E-state index contributed by atoms with van der Waals surface area (Å²) in [4.78, 5) is 16.5. The fraction of sp³-hybridized carbons (Fsp3) is 0.933. The predicted octanol–water partition coefficient (Wildman–Crippen LogP) is 0.649. The van der Waals surface area contributed by atoms with Crippen LogP contribution < -0.4 is 11.1 Å². The van der Waals surface area contributed by atoms with Gasteiger partial charge in [-0.2, -0.15) is 0 Å². The molecule has 0 atom stereocenters. The Balaban J connectivity index is 2.13. The first-order chi connectivity index (χ1) is 9.76. The molecular weight excluding hydrogens is 252 g/mol. The molecule has 0 saturated carbocycles. The molecule has 0 spiro atoms. The number of carbonyl (C=O) groups is 1. The van der Waals surface area contributed by atoms with E-state index in [-0.39, 0.29) is 5.91 Å². The number of nitrogens with zero attached hydrogens (tertiary/aromatic N) is 2. The minimum Gasteiger partial charge on any atom is -0.356 e. The molecule has 0 unspecified atom stereocenters. The molecule has 1 amide bonds. The molecule has 20 heavy (non-hydrogen) atoms. The lowest BCUT2D eigenvalue weighted by atomic mass is 10.2. The topological polar surface area (TPSA) is 61.6 Å². The summed E-state index contributed by atoms with van der Waals surface area (Å²) in [6.45, 7) is 10.2. The highest BCUT2D eigenvalue weighted by Crippen LogP contribution is 2.06. The van der Waals surface area contributed by atoms with E-state index in [0.717, 1.165) is 45.7 Å². The van der Waals surface area contributed by atoms with Gasteiger partial charge in [-0.3, -0.25) is 4.79 Å². The van der Waals surface area contributed by atoms with Crippen molar-refractivity contribution in [2.24, 2.45) is 5.73 Å². The van der Waals surface area contributed by atoms with Crippen molar-refractivity contribution in [1.82, 2.24) is 15.1 Å². The average molecular weight is 284 g/mol. The SMILES string of the molecule is CCNC(=O)CCN1CCCN(CCCCCN)CC1. The van der Waals surface area contributed by atoms with Gasteiger partial charge in [0.05, 0.1) is 0 Å². The minimum atomic E-state index is 0.176. The predicted molar refractivity (Wildman–Crippen MR) is 83.7 cm³/mol. The van der Waals surface area contributed by atoms with Gasteiger partial charge in [0.15, 0.2) is 0 Å². The fourth-order valence-corrected chi connectivity index (χ4v) is 2.67. The van der Waals surface area contributed by atoms with Crippen LogP contribution >= 0.6 is 0 Å². The van der Waals surface area contributed by atoms with Crippen molar-refractivity contribution in [2.75, 3.05) is 52.4 Å². The Kier molecular flexibility index (Phi) is 9.62. The van der Waals surface area contributed by atoms with Gasteiger partial charge in [-0.15, -0.1) is 0 Å². The van der Waals surface area contributed by atoms with E-state index in [9.17, 15) is 4.79 Å². The number of nitrogens with two attached hydrogens (primary N) is 1. The van der Waals surface area contributed by atoms with Gasteiger partial charge in [0, 0.05) is 32.6 Å². The van der Waals surface area contributed by atoms with Crippen molar-refractivity contribution in [2.45, 2.75) is 39.0 Å². The van der Waals surface area contributed by atoms with Crippen molar-refractivity contribution in [3.05, 3.63) is 0 Å². The monoisotopic (exact) mass is 284 g/mol. The van der Waals surface area contributed by atoms with Crippen LogP contribution in [0.25, 0.3) is 0 Å². The van der Waals surface area contributed by atoms with Crippen LogP contribution in [0.1, 0.15) is 39.0 Å². The van der Waals surface area contributed by atoms with E-state index in [1.54, 1.807) is 0 Å². The molecule has 0 aliphatic carbocycles. The molecule has 5 heteroatoms. The van der Waals surface area contributed by atoms with E-state index >= 15 is 0 Å². The van der Waals surface area contributed by atoms with Gasteiger partial charge in [-0.05, 0) is 52.4 Å². The van der Waals surface area contributed by atoms with Gasteiger partial charge in [-0.1, -0.05) is 6.42 Å². The Labute approximate surface area is 123 Å². The molecule has 1 aliphatic rings. The van der Waals surface area contributed by atoms with Gasteiger partial charge >= 0.3 is 0 Å². The molecular formula is C15H32N4O. The highest BCUT2D eigenvalue weighted by molar-refractivity contribution is 5.75. The molecule has 0 aromatic heterocycles. The van der Waals surface area contributed by atoms with Crippen molar-refractivity contribution in [1.29, 1.82) is 0 Å². The van der Waals surface area contributed by atoms with Crippen molar-refractivity contribution in [3.63, 3.8) is 0 Å². The third-order valence-electron chi connectivity index (χ3n) is 3.89. The lowest BCUT2D eigenvalue weighted by Crippen LogP contribution is -2.34. The van der Waals surface area contributed by atoms with Crippen LogP contribution in [0.15, 0.2) is 0 Å². The van der Waals surface area contributed by atoms with Gasteiger partial charge in [0.2, 0.25) is 5.91 Å². The number of hydrogen-bond donors (Lipinski definition) is 2. The van der Waals surface area contributed by atoms with Crippen LogP contribution in [0, 0.1) is 0 Å². The van der Waals surface area contributed by atoms with Crippen LogP contribution in [-0.4, -0.2) is 68.1 Å². The summed E-state index contributed by atoms with van der Waals surface area (Å²) >= 11 is 0. The second-order valence-electron chi connectivity index (χ2n) is 5.59. The molecule has 1 heterocycles. The Morgan fingerprint density at radius 3 is 2.40 bits per heavy atom. The minimum absolute atomic E-state index is 0.176. The lowest BCUT2D eigenvalue weighted by Gasteiger charge is -2.21. The fourth-order valence-electron chi connectivity index (χ4n) is 2.67. The van der Waals surface area contributed by atoms with E-state index in [4.69, 9.17) is 5.73 Å². The maximum Gasteiger partial charge on any atom is 0.221 e. The van der Waals surface area contributed by atoms with Crippen molar-refractivity contribution < 1.29 is 4.79 Å². The standard InChI is InChI=1S/C15H32N4O/c1-2-17-15(20)7-12-19-11-6-10-18(13-14-19)9-5-3-4-8-16/h2-14,16H2,1H3,(H,17,20). The third kappa shape index (κ3) is 7.82. The molecule has 1 aliphatic heterocycles. The third-order valence-corrected chi connectivity index (χ3v) is 3.89. The van der Waals surface area contributed by atoms with Gasteiger partial charge in [0.25, 0.3) is 0 Å². The largest absolute Gasteiger partial charge is 0.356 e. The van der Waals surface area contributed by atoms with Crippen LogP contribution in [0.2, 0.25) is 0 Å². The second kappa shape index (κ2) is 11.1. The van der Waals surface area contributed by atoms with Crippen LogP contribution in [0.3, 0.4) is 0 Å². The number of carbonyl (C=O) groups excluding carboxylic acids is 1. The highest BCUT2D eigenvalue weighted by atomic mass is 16.1. The summed E-state index contributed by atoms with van der Waals surface area (Å²) in [6, 6.07) is 0. The highest BCUT2D eigenvalue weighted by Gasteiger charge is 2.14. The molecule has 3 N–H and O–H groups in total. The number of unbranched alkanes of at least 4 members (excludes halogenated alkanes) is 2. The Morgan fingerprint density at radius 1 is 1.05 bits per heavy atom. The zero-order valence-electron chi connectivity index (χ0n) is 13.1. The average Bonchev–Trinajstić information content (AvgIpc) is 2.67. The number of hydrogen-bond acceptors (Lipinski definition) is 4. The molecule has 1 saturated heterocycles. The smallest absolute Gasteiger partial charge is 0.221 e. The Bertz CT molecular complexity index is 260. The van der Waals surface area contributed by atoms with Crippen molar-refractivity contribution >= 4 is 5.91 Å². The van der Waals surface area contributed by atoms with Gasteiger partial charge < -0.3 is 20.9 Å². The Morgan fingerprint density at radius 2 is 1.75 bits per heavy atom. The molecule has 0 radical (unpaired) electrons. The summed E-state index contributed by atoms with van der Waals surface area (Å²) in [5.74, 6) is 0.176. The lowest BCUT2D eigenvalue weighted by molar-refractivity contribution is -0.121. The summed E-state index contributed by atoms with van der Waals surface area (Å²) < 4.78 is 0. The molecule has 1 fully saturated rings. The molecule has 0 aromatic carbocycles. The zero-order valence-corrected chi connectivity index (χ0v) is 13.1. The van der Waals surface area contributed by atoms with E-state index in [0.29, 0.717) is 6.42 Å². The van der Waals surface area contributed by atoms with Crippen LogP contribution in [0.5, 0.6) is 0 Å². The summed E-state index contributed by atoms with van der Waals surface area (Å²) in [7, 11) is 0. The molecule has 118 valence electrons. The molecule has 0 bridgehead atoms. The van der Waals surface area contributed by atoms with Crippen LogP contribution in [0.4, 0.5) is 0 Å². The maximum atomic E-state index is 11.5. The quantitative estimate of drug-likeness (QED) is 0.610. The molecule has 5 nitrogen and oxygen atoms in total. The van der Waals surface area contributed by atoms with Crippen LogP contribution in [-0.2, 0) is 4.79 Å². The second-order valence-corrected chi connectivity index (χ2v) is 5.59. The van der Waals surface area contributed by atoms with Crippen molar-refractivity contribution in [3.8, 4) is 0 Å². The maximum absolute atomic E-state index is 11.5. The first-order valence-corrected chi connectivity index (χ1v) is 8.17. The van der Waals surface area contributed by atoms with E-state index in [1.807, 2.05) is 6.92 Å². The van der Waals surface area contributed by atoms with E-state index in [1.165, 1.54) is 32.4 Å². The molecule has 0 aromatic rings. The van der Waals surface area contributed by atoms with Gasteiger partial charge in [-0.25, -0.2) is 0 Å². The first kappa shape index (κ1) is 17.4. The summed E-state index contributed by atoms with van der Waals surface area (Å²) in [5.41, 5.74) is 5.52. The number of rotatable bonds is 9. The van der Waals surface area contributed by atoms with Gasteiger partial charge in [0.1, 0.15) is 0 Å². The van der Waals surface area contributed by atoms with E-state index in [2.05, 4.69) is 15.1 Å². The zero-order chi connectivity index (χ0) is 14.6. The normalized spacial score (nSPS) is 17.9. The molecule has 1 rings (SSSR count).